The summed E-state index contributed by atoms with van der Waals surface area (Å²) >= 11 is 0. The first-order valence-corrected chi connectivity index (χ1v) is 10.1. The molecule has 1 aliphatic rings. The van der Waals surface area contributed by atoms with Gasteiger partial charge in [0.1, 0.15) is 0 Å². The van der Waals surface area contributed by atoms with Crippen LogP contribution in [-0.2, 0) is 16.2 Å². The summed E-state index contributed by atoms with van der Waals surface area (Å²) in [4.78, 5) is 1.91. The van der Waals surface area contributed by atoms with Gasteiger partial charge in [-0.05, 0) is 57.0 Å². The first kappa shape index (κ1) is 21.1. The predicted octanol–water partition coefficient (Wildman–Crippen LogP) is 2.19. The van der Waals surface area contributed by atoms with Gasteiger partial charge in [0.25, 0.3) is 0 Å². The van der Waals surface area contributed by atoms with Crippen LogP contribution in [0.3, 0.4) is 0 Å². The average molecular weight is 394 g/mol. The molecule has 0 aliphatic heterocycles. The van der Waals surface area contributed by atoms with Crippen molar-refractivity contribution < 1.29 is 26.7 Å². The number of halogens is 3. The fraction of sp³-hybridized carbons (Fsp3) is 0.647. The molecule has 1 aliphatic carbocycles. The third-order valence-electron chi connectivity index (χ3n) is 4.97. The van der Waals surface area contributed by atoms with E-state index in [1.165, 1.54) is 12.1 Å². The SMILES string of the molecule is CN(C)C1(CS(=O)(=O)NCC(CCO)c2ccc(C(F)(F)F)cc2)CC1. The van der Waals surface area contributed by atoms with Crippen LogP contribution < -0.4 is 4.72 Å². The number of nitrogens with one attached hydrogen (secondary N) is 1. The van der Waals surface area contributed by atoms with Gasteiger partial charge in [-0.3, -0.25) is 0 Å². The lowest BCUT2D eigenvalue weighted by Crippen LogP contribution is -2.42. The standard InChI is InChI=1S/C17H25F3N2O3S/c1-22(2)16(8-9-16)12-26(24,25)21-11-14(7-10-23)13-3-5-15(6-4-13)17(18,19)20/h3-6,14,21,23H,7-12H2,1-2H3. The number of alkyl halides is 3. The van der Waals surface area contributed by atoms with Gasteiger partial charge in [-0.1, -0.05) is 12.1 Å². The van der Waals surface area contributed by atoms with E-state index in [0.717, 1.165) is 25.0 Å². The molecule has 0 heterocycles. The number of aliphatic hydroxyl groups excluding tert-OH is 1. The van der Waals surface area contributed by atoms with Gasteiger partial charge in [0.05, 0.1) is 11.3 Å². The summed E-state index contributed by atoms with van der Waals surface area (Å²) in [6.07, 6.45) is -2.52. The second-order valence-corrected chi connectivity index (χ2v) is 8.86. The van der Waals surface area contributed by atoms with Crippen LogP contribution >= 0.6 is 0 Å². The maximum atomic E-state index is 12.7. The molecule has 148 valence electrons. The Morgan fingerprint density at radius 1 is 1.23 bits per heavy atom. The first-order valence-electron chi connectivity index (χ1n) is 8.42. The summed E-state index contributed by atoms with van der Waals surface area (Å²) < 4.78 is 65.3. The van der Waals surface area contributed by atoms with Crippen LogP contribution in [0.4, 0.5) is 13.2 Å². The number of benzene rings is 1. The van der Waals surface area contributed by atoms with Gasteiger partial charge in [-0.25, -0.2) is 13.1 Å². The Hall–Kier alpha value is -1.16. The molecule has 0 amide bonds. The lowest BCUT2D eigenvalue weighted by Gasteiger charge is -2.24. The molecule has 0 aromatic heterocycles. The van der Waals surface area contributed by atoms with Crippen molar-refractivity contribution in [2.45, 2.75) is 36.9 Å². The summed E-state index contributed by atoms with van der Waals surface area (Å²) in [6, 6.07) is 4.61. The number of nitrogens with zero attached hydrogens (tertiary/aromatic N) is 1. The van der Waals surface area contributed by atoms with Crippen molar-refractivity contribution in [3.05, 3.63) is 35.4 Å². The van der Waals surface area contributed by atoms with Crippen molar-refractivity contribution in [2.24, 2.45) is 0 Å². The van der Waals surface area contributed by atoms with Gasteiger partial charge in [-0.15, -0.1) is 0 Å². The van der Waals surface area contributed by atoms with Gasteiger partial charge < -0.3 is 10.0 Å². The normalized spacial score (nSPS) is 18.1. The quantitative estimate of drug-likeness (QED) is 0.674. The van der Waals surface area contributed by atoms with Crippen molar-refractivity contribution >= 4 is 10.0 Å². The van der Waals surface area contributed by atoms with E-state index in [1.54, 1.807) is 0 Å². The largest absolute Gasteiger partial charge is 0.416 e. The lowest BCUT2D eigenvalue weighted by molar-refractivity contribution is -0.137. The van der Waals surface area contributed by atoms with Gasteiger partial charge in [0.2, 0.25) is 10.0 Å². The number of aliphatic hydroxyl groups is 1. The van der Waals surface area contributed by atoms with E-state index in [1.807, 2.05) is 19.0 Å². The topological polar surface area (TPSA) is 69.6 Å². The molecule has 9 heteroatoms. The highest BCUT2D eigenvalue weighted by Gasteiger charge is 2.48. The first-order chi connectivity index (χ1) is 12.0. The highest BCUT2D eigenvalue weighted by Crippen LogP contribution is 2.41. The van der Waals surface area contributed by atoms with Gasteiger partial charge in [0, 0.05) is 18.7 Å². The van der Waals surface area contributed by atoms with E-state index in [-0.39, 0.29) is 30.9 Å². The highest BCUT2D eigenvalue weighted by atomic mass is 32.2. The van der Waals surface area contributed by atoms with Gasteiger partial charge in [0.15, 0.2) is 0 Å². The van der Waals surface area contributed by atoms with Crippen LogP contribution in [0, 0.1) is 0 Å². The molecule has 1 aromatic carbocycles. The maximum Gasteiger partial charge on any atom is 0.416 e. The fourth-order valence-corrected chi connectivity index (χ4v) is 4.80. The number of hydrogen-bond acceptors (Lipinski definition) is 4. The van der Waals surface area contributed by atoms with E-state index in [9.17, 15) is 26.7 Å². The van der Waals surface area contributed by atoms with Crippen LogP contribution in [0.2, 0.25) is 0 Å². The lowest BCUT2D eigenvalue weighted by atomic mass is 9.95. The van der Waals surface area contributed by atoms with Crippen LogP contribution in [0.5, 0.6) is 0 Å². The van der Waals surface area contributed by atoms with Crippen molar-refractivity contribution in [1.82, 2.24) is 9.62 Å². The maximum absolute atomic E-state index is 12.7. The molecule has 1 aromatic rings. The van der Waals surface area contributed by atoms with E-state index in [0.29, 0.717) is 5.56 Å². The molecule has 0 saturated heterocycles. The van der Waals surface area contributed by atoms with Crippen LogP contribution in [0.25, 0.3) is 0 Å². The average Bonchev–Trinajstić information content (AvgIpc) is 3.31. The van der Waals surface area contributed by atoms with E-state index in [2.05, 4.69) is 4.72 Å². The molecule has 2 N–H and O–H groups in total. The molecule has 1 saturated carbocycles. The van der Waals surface area contributed by atoms with Crippen molar-refractivity contribution in [1.29, 1.82) is 0 Å². The summed E-state index contributed by atoms with van der Waals surface area (Å²) in [7, 11) is 0.165. The fourth-order valence-electron chi connectivity index (χ4n) is 2.98. The molecule has 1 atom stereocenters. The minimum absolute atomic E-state index is 0.00808. The Labute approximate surface area is 152 Å². The predicted molar refractivity (Wildman–Crippen MR) is 93.3 cm³/mol. The Morgan fingerprint density at radius 3 is 2.23 bits per heavy atom. The molecule has 0 spiro atoms. The number of sulfonamides is 1. The zero-order chi connectivity index (χ0) is 19.6. The summed E-state index contributed by atoms with van der Waals surface area (Å²) in [5.74, 6) is -0.405. The smallest absolute Gasteiger partial charge is 0.396 e. The Bertz CT molecular complexity index is 699. The van der Waals surface area contributed by atoms with Crippen molar-refractivity contribution in [3.8, 4) is 0 Å². The summed E-state index contributed by atoms with van der Waals surface area (Å²) in [6.45, 7) is -0.146. The van der Waals surface area contributed by atoms with E-state index in [4.69, 9.17) is 0 Å². The third-order valence-corrected chi connectivity index (χ3v) is 6.50. The monoisotopic (exact) mass is 394 g/mol. The minimum Gasteiger partial charge on any atom is -0.396 e. The molecular weight excluding hydrogens is 369 g/mol. The Morgan fingerprint density at radius 2 is 1.81 bits per heavy atom. The molecule has 0 bridgehead atoms. The second-order valence-electron chi connectivity index (χ2n) is 7.06. The Kier molecular flexibility index (Phi) is 6.37. The van der Waals surface area contributed by atoms with Crippen LogP contribution in [0.1, 0.15) is 36.3 Å². The van der Waals surface area contributed by atoms with Crippen LogP contribution in [-0.4, -0.2) is 57.0 Å². The zero-order valence-electron chi connectivity index (χ0n) is 14.9. The molecular formula is C17H25F3N2O3S. The minimum atomic E-state index is -4.42. The molecule has 1 unspecified atom stereocenters. The van der Waals surface area contributed by atoms with Crippen LogP contribution in [0.15, 0.2) is 24.3 Å². The van der Waals surface area contributed by atoms with E-state index >= 15 is 0 Å². The highest BCUT2D eigenvalue weighted by molar-refractivity contribution is 7.89. The number of rotatable bonds is 9. The molecule has 26 heavy (non-hydrogen) atoms. The molecule has 5 nitrogen and oxygen atoms in total. The molecule has 2 rings (SSSR count). The number of hydrogen-bond donors (Lipinski definition) is 2. The summed E-state index contributed by atoms with van der Waals surface area (Å²) in [5.41, 5.74) is -0.526. The Balaban J connectivity index is 2.04. The van der Waals surface area contributed by atoms with E-state index < -0.39 is 27.7 Å². The molecule has 0 radical (unpaired) electrons. The van der Waals surface area contributed by atoms with Crippen molar-refractivity contribution in [2.75, 3.05) is 33.0 Å². The second kappa shape index (κ2) is 7.84. The third kappa shape index (κ3) is 5.42. The summed E-state index contributed by atoms with van der Waals surface area (Å²) in [5, 5.41) is 9.22. The van der Waals surface area contributed by atoms with Gasteiger partial charge in [-0.2, -0.15) is 13.2 Å². The molecule has 1 fully saturated rings. The zero-order valence-corrected chi connectivity index (χ0v) is 15.7. The van der Waals surface area contributed by atoms with Gasteiger partial charge >= 0.3 is 6.18 Å². The van der Waals surface area contributed by atoms with Crippen molar-refractivity contribution in [3.63, 3.8) is 0 Å².